The van der Waals surface area contributed by atoms with Gasteiger partial charge in [0.15, 0.2) is 11.6 Å². The third kappa shape index (κ3) is 4.93. The number of ether oxygens (including phenoxy) is 2. The topological polar surface area (TPSA) is 75.6 Å². The summed E-state index contributed by atoms with van der Waals surface area (Å²) in [7, 11) is 0. The molecule has 4 saturated heterocycles. The molecule has 0 amide bonds. The van der Waals surface area contributed by atoms with E-state index >= 15 is 4.39 Å². The van der Waals surface area contributed by atoms with Crippen LogP contribution in [0.25, 0.3) is 22.2 Å². The molecular formula is C28H29ClF4N6O2. The Bertz CT molecular complexity index is 1470. The number of hydrogen-bond donors (Lipinski definition) is 1. The summed E-state index contributed by atoms with van der Waals surface area (Å²) in [4.78, 5) is 18.0. The molecule has 218 valence electrons. The number of para-hydroxylation sites is 1. The van der Waals surface area contributed by atoms with Crippen molar-refractivity contribution in [2.45, 2.75) is 62.5 Å². The lowest BCUT2D eigenvalue weighted by Crippen LogP contribution is -2.51. The molecule has 1 N–H and O–H groups in total. The highest BCUT2D eigenvalue weighted by atomic mass is 35.5. The number of nitrogens with zero attached hydrogens (tertiary/aromatic N) is 5. The van der Waals surface area contributed by atoms with Gasteiger partial charge < -0.3 is 19.7 Å². The molecule has 3 aromatic rings. The molecule has 6 heterocycles. The Balaban J connectivity index is 1.32. The normalized spacial score (nSPS) is 23.8. The summed E-state index contributed by atoms with van der Waals surface area (Å²) >= 11 is 6.05. The highest BCUT2D eigenvalue weighted by Gasteiger charge is 2.45. The van der Waals surface area contributed by atoms with Crippen LogP contribution in [-0.4, -0.2) is 76.6 Å². The van der Waals surface area contributed by atoms with Gasteiger partial charge in [-0.2, -0.15) is 9.97 Å². The Labute approximate surface area is 239 Å². The second kappa shape index (κ2) is 10.1. The van der Waals surface area contributed by atoms with Crippen LogP contribution in [0.3, 0.4) is 0 Å². The number of hydrogen-bond acceptors (Lipinski definition) is 8. The minimum absolute atomic E-state index is 0.0420. The van der Waals surface area contributed by atoms with Crippen molar-refractivity contribution in [1.29, 1.82) is 0 Å². The van der Waals surface area contributed by atoms with Crippen molar-refractivity contribution in [3.63, 3.8) is 0 Å². The van der Waals surface area contributed by atoms with Gasteiger partial charge in [-0.05, 0) is 63.7 Å². The summed E-state index contributed by atoms with van der Waals surface area (Å²) < 4.78 is 66.4. The van der Waals surface area contributed by atoms with Crippen LogP contribution in [0.15, 0.2) is 24.4 Å². The van der Waals surface area contributed by atoms with E-state index in [0.717, 1.165) is 51.6 Å². The van der Waals surface area contributed by atoms with Crippen molar-refractivity contribution in [3.05, 3.63) is 35.2 Å². The summed E-state index contributed by atoms with van der Waals surface area (Å²) in [6.07, 6.45) is 2.70. The van der Waals surface area contributed by atoms with Gasteiger partial charge in [-0.25, -0.2) is 4.39 Å². The maximum Gasteiger partial charge on any atom is 0.573 e. The van der Waals surface area contributed by atoms with Crippen LogP contribution >= 0.6 is 11.6 Å². The Morgan fingerprint density at radius 2 is 1.80 bits per heavy atom. The minimum atomic E-state index is -5.03. The molecular weight excluding hydrogens is 564 g/mol. The summed E-state index contributed by atoms with van der Waals surface area (Å²) in [6.45, 7) is 3.81. The maximum atomic E-state index is 16.3. The van der Waals surface area contributed by atoms with Crippen LogP contribution in [0.1, 0.15) is 38.5 Å². The SMILES string of the molecule is Fc1c(-c2cccc(Cl)c2OC(F)(F)F)ncc2c(N3C[C@H]4CC[C@@H](C3)N4)nc(OCC34CCCN3CCC4)nc12. The molecule has 0 aliphatic carbocycles. The van der Waals surface area contributed by atoms with Crippen LogP contribution in [0.2, 0.25) is 5.02 Å². The van der Waals surface area contributed by atoms with Crippen LogP contribution in [0.4, 0.5) is 23.4 Å². The van der Waals surface area contributed by atoms with Gasteiger partial charge in [0, 0.05) is 36.9 Å². The lowest BCUT2D eigenvalue weighted by molar-refractivity contribution is -0.274. The fraction of sp³-hybridized carbons (Fsp3) is 0.536. The monoisotopic (exact) mass is 592 g/mol. The van der Waals surface area contributed by atoms with Crippen molar-refractivity contribution in [3.8, 4) is 23.0 Å². The van der Waals surface area contributed by atoms with Gasteiger partial charge in [0.2, 0.25) is 0 Å². The number of rotatable bonds is 6. The molecule has 4 aliphatic rings. The van der Waals surface area contributed by atoms with Crippen molar-refractivity contribution in [2.75, 3.05) is 37.7 Å². The molecule has 0 saturated carbocycles. The molecule has 4 fully saturated rings. The summed E-state index contributed by atoms with van der Waals surface area (Å²) in [5.74, 6) is -1.12. The number of piperazine rings is 1. The molecule has 41 heavy (non-hydrogen) atoms. The van der Waals surface area contributed by atoms with Gasteiger partial charge in [0.1, 0.15) is 23.6 Å². The quantitative estimate of drug-likeness (QED) is 0.385. The summed E-state index contributed by atoms with van der Waals surface area (Å²) in [5.41, 5.74) is -0.736. The zero-order valence-corrected chi connectivity index (χ0v) is 22.9. The van der Waals surface area contributed by atoms with Gasteiger partial charge in [-0.3, -0.25) is 9.88 Å². The third-order valence-electron chi connectivity index (χ3n) is 8.88. The maximum absolute atomic E-state index is 16.3. The van der Waals surface area contributed by atoms with Gasteiger partial charge in [0.25, 0.3) is 0 Å². The largest absolute Gasteiger partial charge is 0.573 e. The van der Waals surface area contributed by atoms with Crippen molar-refractivity contribution < 1.29 is 27.0 Å². The van der Waals surface area contributed by atoms with Gasteiger partial charge in [-0.1, -0.05) is 17.7 Å². The van der Waals surface area contributed by atoms with Crippen molar-refractivity contribution in [1.82, 2.24) is 25.2 Å². The molecule has 0 spiro atoms. The summed E-state index contributed by atoms with van der Waals surface area (Å²) in [6, 6.07) is 4.56. The highest BCUT2D eigenvalue weighted by molar-refractivity contribution is 6.32. The Morgan fingerprint density at radius 3 is 2.51 bits per heavy atom. The van der Waals surface area contributed by atoms with Crippen LogP contribution in [-0.2, 0) is 0 Å². The minimum Gasteiger partial charge on any atom is -0.461 e. The second-order valence-electron chi connectivity index (χ2n) is 11.4. The number of benzene rings is 1. The van der Waals surface area contributed by atoms with E-state index in [9.17, 15) is 13.2 Å². The molecule has 4 aliphatic heterocycles. The zero-order valence-electron chi connectivity index (χ0n) is 22.2. The van der Waals surface area contributed by atoms with Gasteiger partial charge in [-0.15, -0.1) is 13.2 Å². The average Bonchev–Trinajstić information content (AvgIpc) is 3.62. The predicted octanol–water partition coefficient (Wildman–Crippen LogP) is 5.33. The first-order valence-electron chi connectivity index (χ1n) is 14.0. The number of pyridine rings is 1. The number of aromatic nitrogens is 3. The third-order valence-corrected chi connectivity index (χ3v) is 9.18. The molecule has 8 nitrogen and oxygen atoms in total. The lowest BCUT2D eigenvalue weighted by Gasteiger charge is -2.34. The van der Waals surface area contributed by atoms with E-state index in [2.05, 4.69) is 29.8 Å². The summed E-state index contributed by atoms with van der Waals surface area (Å²) in [5, 5.41) is 3.63. The predicted molar refractivity (Wildman–Crippen MR) is 145 cm³/mol. The van der Waals surface area contributed by atoms with Gasteiger partial charge in [0.05, 0.1) is 15.9 Å². The van der Waals surface area contributed by atoms with E-state index in [1.54, 1.807) is 0 Å². The highest BCUT2D eigenvalue weighted by Crippen LogP contribution is 2.42. The number of anilines is 1. The van der Waals surface area contributed by atoms with Crippen molar-refractivity contribution in [2.24, 2.45) is 0 Å². The number of alkyl halides is 3. The van der Waals surface area contributed by atoms with Crippen LogP contribution in [0.5, 0.6) is 11.8 Å². The molecule has 1 aromatic carbocycles. The second-order valence-corrected chi connectivity index (χ2v) is 11.8. The number of nitrogens with one attached hydrogen (secondary N) is 1. The first kappa shape index (κ1) is 26.9. The number of fused-ring (bicyclic) bond motifs is 4. The molecule has 0 unspecified atom stereocenters. The Morgan fingerprint density at radius 1 is 1.07 bits per heavy atom. The Kier molecular flexibility index (Phi) is 6.62. The van der Waals surface area contributed by atoms with Crippen LogP contribution < -0.4 is 19.7 Å². The first-order chi connectivity index (χ1) is 19.7. The molecule has 13 heteroatoms. The van der Waals surface area contributed by atoms with Crippen LogP contribution in [0, 0.1) is 5.82 Å². The molecule has 2 bridgehead atoms. The molecule has 0 radical (unpaired) electrons. The van der Waals surface area contributed by atoms with E-state index < -0.39 is 17.9 Å². The molecule has 2 atom stereocenters. The molecule has 2 aromatic heterocycles. The smallest absolute Gasteiger partial charge is 0.461 e. The zero-order chi connectivity index (χ0) is 28.4. The Hall–Kier alpha value is -2.96. The first-order valence-corrected chi connectivity index (χ1v) is 14.4. The lowest BCUT2D eigenvalue weighted by atomic mass is 9.95. The van der Waals surface area contributed by atoms with E-state index in [1.807, 2.05) is 0 Å². The van der Waals surface area contributed by atoms with E-state index in [1.165, 1.54) is 24.4 Å². The van der Waals surface area contributed by atoms with Crippen molar-refractivity contribution >= 4 is 28.3 Å². The van der Waals surface area contributed by atoms with E-state index in [0.29, 0.717) is 30.9 Å². The fourth-order valence-corrected chi connectivity index (χ4v) is 7.27. The fourth-order valence-electron chi connectivity index (χ4n) is 7.06. The van der Waals surface area contributed by atoms with E-state index in [-0.39, 0.29) is 45.4 Å². The standard InChI is InChI=1S/C28H29ClF4N6O2/c29-20-5-1-4-18(24(20)41-28(31,32)33)22-21(30)23-19(12-34-22)25(38-13-16-6-7-17(14-38)35-16)37-26(36-23)40-15-27-8-2-10-39(27)11-3-9-27/h1,4-5,12,16-17,35H,2-3,6-11,13-15H2/t16-,17+. The number of halogens is 5. The van der Waals surface area contributed by atoms with E-state index in [4.69, 9.17) is 21.3 Å². The molecule has 7 rings (SSSR count). The van der Waals surface area contributed by atoms with Gasteiger partial charge >= 0.3 is 12.4 Å². The average molecular weight is 593 g/mol.